The molecule has 72 valence electrons. The number of likely N-dealkylation sites (N-methyl/N-ethyl adjacent to an activating group) is 1. The zero-order chi connectivity index (χ0) is 9.26. The highest BCUT2D eigenvalue weighted by atomic mass is 15.3. The molecule has 1 aromatic rings. The predicted molar refractivity (Wildman–Crippen MR) is 52.8 cm³/mol. The van der Waals surface area contributed by atoms with E-state index in [1.807, 2.05) is 6.20 Å². The Morgan fingerprint density at radius 1 is 1.62 bits per heavy atom. The van der Waals surface area contributed by atoms with Gasteiger partial charge in [0.15, 0.2) is 0 Å². The lowest BCUT2D eigenvalue weighted by molar-refractivity contribution is 0.378. The summed E-state index contributed by atoms with van der Waals surface area (Å²) in [7, 11) is 2.18. The second-order valence-electron chi connectivity index (χ2n) is 3.83. The van der Waals surface area contributed by atoms with Crippen LogP contribution in [0.15, 0.2) is 12.3 Å². The number of nitrogens with zero attached hydrogens (tertiary/aromatic N) is 3. The van der Waals surface area contributed by atoms with E-state index in [9.17, 15) is 0 Å². The van der Waals surface area contributed by atoms with Gasteiger partial charge in [-0.15, -0.1) is 0 Å². The van der Waals surface area contributed by atoms with Crippen LogP contribution >= 0.6 is 0 Å². The molecule has 13 heavy (non-hydrogen) atoms. The molecule has 1 aliphatic heterocycles. The lowest BCUT2D eigenvalue weighted by Crippen LogP contribution is -2.18. The van der Waals surface area contributed by atoms with Gasteiger partial charge in [0, 0.05) is 18.4 Å². The first-order chi connectivity index (χ1) is 6.31. The van der Waals surface area contributed by atoms with E-state index >= 15 is 0 Å². The fraction of sp³-hybridized carbons (Fsp3) is 0.700. The Balaban J connectivity index is 2.16. The molecule has 1 unspecified atom stereocenters. The number of aryl methyl sites for hydroxylation is 1. The first kappa shape index (κ1) is 8.75. The fourth-order valence-corrected chi connectivity index (χ4v) is 2.06. The summed E-state index contributed by atoms with van der Waals surface area (Å²) in [6.07, 6.45) is 4.24. The number of rotatable bonds is 2. The van der Waals surface area contributed by atoms with Crippen molar-refractivity contribution in [3.05, 3.63) is 18.0 Å². The van der Waals surface area contributed by atoms with E-state index in [4.69, 9.17) is 0 Å². The molecule has 2 rings (SSSR count). The Hall–Kier alpha value is -0.830. The van der Waals surface area contributed by atoms with Gasteiger partial charge in [0.25, 0.3) is 0 Å². The Morgan fingerprint density at radius 3 is 3.08 bits per heavy atom. The van der Waals surface area contributed by atoms with Crippen LogP contribution in [-0.4, -0.2) is 34.8 Å². The van der Waals surface area contributed by atoms with Crippen molar-refractivity contribution in [2.45, 2.75) is 25.8 Å². The van der Waals surface area contributed by atoms with Gasteiger partial charge >= 0.3 is 0 Å². The highest BCUT2D eigenvalue weighted by Crippen LogP contribution is 2.20. The molecule has 1 saturated heterocycles. The molecule has 1 atom stereocenters. The fourth-order valence-electron chi connectivity index (χ4n) is 2.06. The quantitative estimate of drug-likeness (QED) is 0.682. The molecule has 0 aliphatic carbocycles. The highest BCUT2D eigenvalue weighted by Gasteiger charge is 2.22. The molecular weight excluding hydrogens is 162 g/mol. The van der Waals surface area contributed by atoms with Crippen molar-refractivity contribution in [1.29, 1.82) is 0 Å². The predicted octanol–water partition coefficient (Wildman–Crippen LogP) is 1.32. The van der Waals surface area contributed by atoms with Crippen LogP contribution in [0.3, 0.4) is 0 Å². The third-order valence-corrected chi connectivity index (χ3v) is 2.83. The molecule has 1 aromatic heterocycles. The van der Waals surface area contributed by atoms with Crippen LogP contribution in [0.2, 0.25) is 0 Å². The number of likely N-dealkylation sites (tertiary alicyclic amines) is 1. The lowest BCUT2D eigenvalue weighted by Gasteiger charge is -2.13. The Labute approximate surface area is 79.3 Å². The summed E-state index contributed by atoms with van der Waals surface area (Å²) in [4.78, 5) is 2.37. The van der Waals surface area contributed by atoms with Crippen molar-refractivity contribution >= 4 is 0 Å². The minimum atomic E-state index is 0.606. The first-order valence-electron chi connectivity index (χ1n) is 5.02. The standard InChI is InChI=1S/C10H17N3/c1-3-9-4-6-11-13(9)10-5-7-12(2)8-10/h4,6,10H,3,5,7-8H2,1-2H3. The van der Waals surface area contributed by atoms with Gasteiger partial charge in [0.05, 0.1) is 6.04 Å². The summed E-state index contributed by atoms with van der Waals surface area (Å²) in [6, 6.07) is 2.73. The molecule has 3 heteroatoms. The van der Waals surface area contributed by atoms with Crippen molar-refractivity contribution in [1.82, 2.24) is 14.7 Å². The lowest BCUT2D eigenvalue weighted by atomic mass is 10.2. The van der Waals surface area contributed by atoms with E-state index in [-0.39, 0.29) is 0 Å². The van der Waals surface area contributed by atoms with Gasteiger partial charge in [-0.05, 0) is 32.5 Å². The van der Waals surface area contributed by atoms with Crippen LogP contribution in [-0.2, 0) is 6.42 Å². The first-order valence-corrected chi connectivity index (χ1v) is 5.02. The normalized spacial score (nSPS) is 24.0. The smallest absolute Gasteiger partial charge is 0.0661 e. The summed E-state index contributed by atoms with van der Waals surface area (Å²) in [6.45, 7) is 4.54. The van der Waals surface area contributed by atoms with Crippen LogP contribution < -0.4 is 0 Å². The third kappa shape index (κ3) is 1.61. The highest BCUT2D eigenvalue weighted by molar-refractivity contribution is 5.02. The molecule has 0 bridgehead atoms. The summed E-state index contributed by atoms with van der Waals surface area (Å²) in [5.41, 5.74) is 1.36. The molecule has 0 aromatic carbocycles. The van der Waals surface area contributed by atoms with Gasteiger partial charge in [0.2, 0.25) is 0 Å². The van der Waals surface area contributed by atoms with Crippen LogP contribution in [0, 0.1) is 0 Å². The van der Waals surface area contributed by atoms with Crippen LogP contribution in [0.1, 0.15) is 25.1 Å². The molecular formula is C10H17N3. The van der Waals surface area contributed by atoms with Crippen LogP contribution in [0.5, 0.6) is 0 Å². The van der Waals surface area contributed by atoms with Crippen molar-refractivity contribution in [3.8, 4) is 0 Å². The summed E-state index contributed by atoms with van der Waals surface area (Å²) in [5.74, 6) is 0. The molecule has 0 radical (unpaired) electrons. The summed E-state index contributed by atoms with van der Waals surface area (Å²) < 4.78 is 2.20. The molecule has 0 N–H and O–H groups in total. The Kier molecular flexibility index (Phi) is 2.36. The van der Waals surface area contributed by atoms with Crippen LogP contribution in [0.25, 0.3) is 0 Å². The average Bonchev–Trinajstić information content (AvgIpc) is 2.71. The van der Waals surface area contributed by atoms with E-state index in [2.05, 4.69) is 34.7 Å². The molecule has 2 heterocycles. The topological polar surface area (TPSA) is 21.1 Å². The maximum absolute atomic E-state index is 4.39. The van der Waals surface area contributed by atoms with Gasteiger partial charge in [-0.2, -0.15) is 5.10 Å². The van der Waals surface area contributed by atoms with E-state index in [0.29, 0.717) is 6.04 Å². The van der Waals surface area contributed by atoms with Gasteiger partial charge in [-0.25, -0.2) is 0 Å². The van der Waals surface area contributed by atoms with Crippen molar-refractivity contribution in [2.75, 3.05) is 20.1 Å². The minimum absolute atomic E-state index is 0.606. The molecule has 0 spiro atoms. The second kappa shape index (κ2) is 3.50. The third-order valence-electron chi connectivity index (χ3n) is 2.83. The minimum Gasteiger partial charge on any atom is -0.304 e. The van der Waals surface area contributed by atoms with Crippen LogP contribution in [0.4, 0.5) is 0 Å². The Morgan fingerprint density at radius 2 is 2.46 bits per heavy atom. The van der Waals surface area contributed by atoms with Gasteiger partial charge in [-0.1, -0.05) is 6.92 Å². The molecule has 1 fully saturated rings. The SMILES string of the molecule is CCc1ccnn1C1CCN(C)C1. The van der Waals surface area contributed by atoms with Crippen molar-refractivity contribution < 1.29 is 0 Å². The van der Waals surface area contributed by atoms with E-state index < -0.39 is 0 Å². The molecule has 3 nitrogen and oxygen atoms in total. The van der Waals surface area contributed by atoms with E-state index in [1.54, 1.807) is 0 Å². The second-order valence-corrected chi connectivity index (χ2v) is 3.83. The summed E-state index contributed by atoms with van der Waals surface area (Å²) >= 11 is 0. The molecule has 0 saturated carbocycles. The average molecular weight is 179 g/mol. The zero-order valence-corrected chi connectivity index (χ0v) is 8.40. The Bertz CT molecular complexity index is 279. The maximum atomic E-state index is 4.39. The molecule has 0 amide bonds. The zero-order valence-electron chi connectivity index (χ0n) is 8.40. The van der Waals surface area contributed by atoms with E-state index in [0.717, 1.165) is 13.0 Å². The number of hydrogen-bond acceptors (Lipinski definition) is 2. The monoisotopic (exact) mass is 179 g/mol. The van der Waals surface area contributed by atoms with E-state index in [1.165, 1.54) is 18.7 Å². The molecule has 1 aliphatic rings. The van der Waals surface area contributed by atoms with Gasteiger partial charge in [-0.3, -0.25) is 4.68 Å². The van der Waals surface area contributed by atoms with Gasteiger partial charge < -0.3 is 4.90 Å². The van der Waals surface area contributed by atoms with Crippen molar-refractivity contribution in [2.24, 2.45) is 0 Å². The largest absolute Gasteiger partial charge is 0.304 e. The number of hydrogen-bond donors (Lipinski definition) is 0. The maximum Gasteiger partial charge on any atom is 0.0661 e. The summed E-state index contributed by atoms with van der Waals surface area (Å²) in [5, 5.41) is 4.39. The number of aromatic nitrogens is 2. The van der Waals surface area contributed by atoms with Crippen molar-refractivity contribution in [3.63, 3.8) is 0 Å². The van der Waals surface area contributed by atoms with Gasteiger partial charge in [0.1, 0.15) is 0 Å².